The summed E-state index contributed by atoms with van der Waals surface area (Å²) in [6.07, 6.45) is 0. The van der Waals surface area contributed by atoms with Crippen LogP contribution in [0.1, 0.15) is 0 Å². The van der Waals surface area contributed by atoms with Crippen LogP contribution in [0.2, 0.25) is 0 Å². The average molecular weight is 837 g/mol. The summed E-state index contributed by atoms with van der Waals surface area (Å²) in [7, 11) is 0. The Morgan fingerprint density at radius 2 is 0.318 bits per heavy atom. The van der Waals surface area contributed by atoms with E-state index in [2.05, 4.69) is 267 Å². The van der Waals surface area contributed by atoms with Crippen molar-refractivity contribution in [1.82, 2.24) is 0 Å². The topological polar surface area (TPSA) is 0 Å². The quantitative estimate of drug-likeness (QED) is 0.134. The first-order valence-electron chi connectivity index (χ1n) is 22.8. The molecule has 0 atom stereocenters. The summed E-state index contributed by atoms with van der Waals surface area (Å²) in [4.78, 5) is 0. The lowest BCUT2D eigenvalue weighted by Crippen LogP contribution is -1.98. The largest absolute Gasteiger partial charge is 0.0622 e. The molecule has 0 aliphatic heterocycles. The van der Waals surface area contributed by atoms with Gasteiger partial charge in [0.15, 0.2) is 0 Å². The second kappa shape index (κ2) is 16.8. The predicted molar refractivity (Wildman–Crippen MR) is 282 cm³/mol. The standard InChI is InChI=1S/C66H44/c1-5-21-45(22-6-1)49-29-17-33-53(41-49)61-57-37-13-14-38-58(57)63(55-35-19-31-51(43-55)47-25-9-3-10-26-47)66-64(56-36-20-32-52(44-56)48-27-11-4-12-28-48)60-40-16-15-39-59(60)62(65(61)66)54-34-18-30-50(42-54)46-23-7-2-8-24-46/h1-44H. The van der Waals surface area contributed by atoms with Gasteiger partial charge < -0.3 is 0 Å². The maximum absolute atomic E-state index is 2.40. The highest BCUT2D eigenvalue weighted by Gasteiger charge is 2.26. The number of benzene rings is 12. The van der Waals surface area contributed by atoms with Gasteiger partial charge in [0.25, 0.3) is 0 Å². The molecule has 0 heteroatoms. The Bertz CT molecular complexity index is 3230. The zero-order valence-corrected chi connectivity index (χ0v) is 36.4. The SMILES string of the molecule is c1ccc(-c2cccc(-c3c4ccccc4c(-c4cccc(-c5ccccc5)c4)c4c(-c5cccc(-c6ccccc6)c5)c5ccccc5c(-c5cccc(-c6ccccc6)c5)c34)c2)cc1. The van der Waals surface area contributed by atoms with Gasteiger partial charge in [-0.05, 0) is 146 Å². The lowest BCUT2D eigenvalue weighted by atomic mass is 9.77. The third-order valence-electron chi connectivity index (χ3n) is 13.2. The van der Waals surface area contributed by atoms with Gasteiger partial charge in [0.05, 0.1) is 0 Å². The molecule has 0 saturated carbocycles. The highest BCUT2D eigenvalue weighted by atomic mass is 14.3. The first-order valence-corrected chi connectivity index (χ1v) is 22.8. The molecule has 0 aliphatic rings. The van der Waals surface area contributed by atoms with Crippen molar-refractivity contribution in [1.29, 1.82) is 0 Å². The van der Waals surface area contributed by atoms with Gasteiger partial charge in [0, 0.05) is 0 Å². The van der Waals surface area contributed by atoms with Gasteiger partial charge in [0.1, 0.15) is 0 Å². The first kappa shape index (κ1) is 39.0. The Morgan fingerprint density at radius 3 is 0.545 bits per heavy atom. The van der Waals surface area contributed by atoms with Crippen molar-refractivity contribution in [2.75, 3.05) is 0 Å². The molecule has 0 unspecified atom stereocenters. The second-order valence-corrected chi connectivity index (χ2v) is 17.1. The zero-order valence-electron chi connectivity index (χ0n) is 36.4. The first-order chi connectivity index (χ1) is 32.8. The van der Waals surface area contributed by atoms with E-state index in [1.165, 1.54) is 121 Å². The molecule has 12 aromatic carbocycles. The van der Waals surface area contributed by atoms with Crippen LogP contribution in [-0.4, -0.2) is 0 Å². The fourth-order valence-corrected chi connectivity index (χ4v) is 10.3. The van der Waals surface area contributed by atoms with Gasteiger partial charge in [-0.1, -0.05) is 243 Å². The summed E-state index contributed by atoms with van der Waals surface area (Å²) in [6.45, 7) is 0. The highest BCUT2D eigenvalue weighted by molar-refractivity contribution is 6.34. The van der Waals surface area contributed by atoms with Crippen molar-refractivity contribution < 1.29 is 0 Å². The molecule has 0 bridgehead atoms. The maximum atomic E-state index is 2.40. The van der Waals surface area contributed by atoms with Crippen LogP contribution in [0, 0.1) is 0 Å². The maximum Gasteiger partial charge on any atom is -0.000138 e. The second-order valence-electron chi connectivity index (χ2n) is 17.1. The summed E-state index contributed by atoms with van der Waals surface area (Å²) in [5.41, 5.74) is 19.2. The van der Waals surface area contributed by atoms with E-state index < -0.39 is 0 Å². The molecule has 12 rings (SSSR count). The number of hydrogen-bond acceptors (Lipinski definition) is 0. The average Bonchev–Trinajstić information content (AvgIpc) is 3.40. The summed E-state index contributed by atoms with van der Waals surface area (Å²) < 4.78 is 0. The van der Waals surface area contributed by atoms with E-state index in [-0.39, 0.29) is 0 Å². The van der Waals surface area contributed by atoms with Crippen LogP contribution in [0.15, 0.2) is 267 Å². The van der Waals surface area contributed by atoms with Gasteiger partial charge in [-0.25, -0.2) is 0 Å². The third kappa shape index (κ3) is 6.97. The van der Waals surface area contributed by atoms with Gasteiger partial charge in [-0.3, -0.25) is 0 Å². The molecule has 0 aliphatic carbocycles. The minimum Gasteiger partial charge on any atom is -0.0622 e. The Morgan fingerprint density at radius 1 is 0.136 bits per heavy atom. The molecule has 0 saturated heterocycles. The lowest BCUT2D eigenvalue weighted by Gasteiger charge is -2.26. The number of rotatable bonds is 8. The zero-order chi connectivity index (χ0) is 43.8. The molecule has 0 heterocycles. The summed E-state index contributed by atoms with van der Waals surface area (Å²) in [5, 5.41) is 7.35. The normalized spacial score (nSPS) is 11.3. The summed E-state index contributed by atoms with van der Waals surface area (Å²) >= 11 is 0. The third-order valence-corrected chi connectivity index (χ3v) is 13.2. The molecule has 12 aromatic rings. The van der Waals surface area contributed by atoms with Gasteiger partial charge >= 0.3 is 0 Å². The molecule has 308 valence electrons. The van der Waals surface area contributed by atoms with E-state index in [0.717, 1.165) is 0 Å². The van der Waals surface area contributed by atoms with E-state index in [9.17, 15) is 0 Å². The van der Waals surface area contributed by atoms with Crippen LogP contribution >= 0.6 is 0 Å². The van der Waals surface area contributed by atoms with Crippen LogP contribution in [0.3, 0.4) is 0 Å². The fraction of sp³-hybridized carbons (Fsp3) is 0. The van der Waals surface area contributed by atoms with Crippen molar-refractivity contribution in [3.05, 3.63) is 267 Å². The monoisotopic (exact) mass is 836 g/mol. The van der Waals surface area contributed by atoms with E-state index in [0.29, 0.717) is 0 Å². The molecule has 0 nitrogen and oxygen atoms in total. The van der Waals surface area contributed by atoms with E-state index in [4.69, 9.17) is 0 Å². The van der Waals surface area contributed by atoms with Crippen LogP contribution in [0.5, 0.6) is 0 Å². The minimum absolute atomic E-state index is 1.18. The van der Waals surface area contributed by atoms with Crippen molar-refractivity contribution in [3.63, 3.8) is 0 Å². The fourth-order valence-electron chi connectivity index (χ4n) is 10.3. The predicted octanol–water partition coefficient (Wildman–Crippen LogP) is 18.5. The molecular formula is C66H44. The molecule has 0 fully saturated rings. The highest BCUT2D eigenvalue weighted by Crippen LogP contribution is 2.54. The Labute approximate surface area is 386 Å². The van der Waals surface area contributed by atoms with Crippen molar-refractivity contribution >= 4 is 32.3 Å². The molecule has 0 N–H and O–H groups in total. The Kier molecular flexibility index (Phi) is 9.97. The molecule has 0 aromatic heterocycles. The van der Waals surface area contributed by atoms with Crippen molar-refractivity contribution in [2.24, 2.45) is 0 Å². The molecule has 0 amide bonds. The van der Waals surface area contributed by atoms with Crippen LogP contribution in [-0.2, 0) is 0 Å². The van der Waals surface area contributed by atoms with Crippen LogP contribution in [0.4, 0.5) is 0 Å². The van der Waals surface area contributed by atoms with Crippen molar-refractivity contribution in [2.45, 2.75) is 0 Å². The number of hydrogen-bond donors (Lipinski definition) is 0. The summed E-state index contributed by atoms with van der Waals surface area (Å²) in [6, 6.07) is 98.1. The van der Waals surface area contributed by atoms with E-state index >= 15 is 0 Å². The van der Waals surface area contributed by atoms with Gasteiger partial charge in [-0.2, -0.15) is 0 Å². The molecule has 0 spiro atoms. The Balaban J connectivity index is 1.31. The minimum atomic E-state index is 1.18. The summed E-state index contributed by atoms with van der Waals surface area (Å²) in [5.74, 6) is 0. The van der Waals surface area contributed by atoms with Crippen molar-refractivity contribution in [3.8, 4) is 89.0 Å². The lowest BCUT2D eigenvalue weighted by molar-refractivity contribution is 1.59. The molecule has 0 radical (unpaired) electrons. The van der Waals surface area contributed by atoms with E-state index in [1.54, 1.807) is 0 Å². The molecular weight excluding hydrogens is 793 g/mol. The Hall–Kier alpha value is -8.58. The van der Waals surface area contributed by atoms with Crippen LogP contribution in [0.25, 0.3) is 121 Å². The van der Waals surface area contributed by atoms with Crippen LogP contribution < -0.4 is 0 Å². The number of fused-ring (bicyclic) bond motifs is 3. The van der Waals surface area contributed by atoms with Gasteiger partial charge in [0.2, 0.25) is 0 Å². The van der Waals surface area contributed by atoms with Gasteiger partial charge in [-0.15, -0.1) is 0 Å². The smallest absolute Gasteiger partial charge is 0.000138 e. The molecule has 66 heavy (non-hydrogen) atoms. The van der Waals surface area contributed by atoms with E-state index in [1.807, 2.05) is 0 Å².